The molecule has 0 saturated carbocycles. The molecule has 0 aliphatic rings. The summed E-state index contributed by atoms with van der Waals surface area (Å²) in [7, 11) is 3.09. The fourth-order valence-corrected chi connectivity index (χ4v) is 3.05. The largest absolute Gasteiger partial charge is 0.496 e. The Kier molecular flexibility index (Phi) is 8.21. The molecule has 2 amide bonds. The average molecular weight is 462 g/mol. The molecular weight excluding hydrogens is 438 g/mol. The number of nitrogens with one attached hydrogen (secondary N) is 2. The van der Waals surface area contributed by atoms with Gasteiger partial charge in [0.1, 0.15) is 11.5 Å². The molecule has 0 heterocycles. The monoisotopic (exact) mass is 461 g/mol. The zero-order chi connectivity index (χ0) is 21.4. The highest BCUT2D eigenvalue weighted by Gasteiger charge is 2.10. The van der Waals surface area contributed by atoms with E-state index >= 15 is 0 Å². The van der Waals surface area contributed by atoms with Crippen LogP contribution in [0.25, 0.3) is 0 Å². The van der Waals surface area contributed by atoms with Crippen LogP contribution in [-0.2, 0) is 9.59 Å². The standard InChI is InChI=1S/C21H24BrN3O4/c1-13-5-6-14(2)17(9-13)24-20(26)7-8-21(27)25-23-12-15-10-16(22)19(29-4)11-18(15)28-3/h5-6,9-12H,7-8H2,1-4H3,(H,24,26)(H,25,27)/b23-12+. The van der Waals surface area contributed by atoms with Gasteiger partial charge >= 0.3 is 0 Å². The molecule has 0 atom stereocenters. The van der Waals surface area contributed by atoms with E-state index in [9.17, 15) is 9.59 Å². The summed E-state index contributed by atoms with van der Waals surface area (Å²) in [5.74, 6) is 0.594. The van der Waals surface area contributed by atoms with Gasteiger partial charge in [0.05, 0.1) is 24.9 Å². The number of aryl methyl sites for hydroxylation is 2. The second-order valence-electron chi connectivity index (χ2n) is 6.39. The van der Waals surface area contributed by atoms with Crippen molar-refractivity contribution in [2.45, 2.75) is 26.7 Å². The molecule has 8 heteroatoms. The van der Waals surface area contributed by atoms with Crippen LogP contribution in [0.4, 0.5) is 5.69 Å². The van der Waals surface area contributed by atoms with E-state index in [-0.39, 0.29) is 24.7 Å². The van der Waals surface area contributed by atoms with Crippen LogP contribution in [0.3, 0.4) is 0 Å². The van der Waals surface area contributed by atoms with Crippen LogP contribution in [-0.4, -0.2) is 32.2 Å². The number of anilines is 1. The Balaban J connectivity index is 1.87. The fraction of sp³-hybridized carbons (Fsp3) is 0.286. The van der Waals surface area contributed by atoms with Gasteiger partial charge in [-0.05, 0) is 53.0 Å². The van der Waals surface area contributed by atoms with Gasteiger partial charge in [-0.1, -0.05) is 12.1 Å². The molecule has 2 rings (SSSR count). The highest BCUT2D eigenvalue weighted by molar-refractivity contribution is 9.10. The lowest BCUT2D eigenvalue weighted by Gasteiger charge is -2.09. The number of hydrogen-bond acceptors (Lipinski definition) is 5. The maximum Gasteiger partial charge on any atom is 0.240 e. The molecule has 29 heavy (non-hydrogen) atoms. The summed E-state index contributed by atoms with van der Waals surface area (Å²) in [6.45, 7) is 3.87. The summed E-state index contributed by atoms with van der Waals surface area (Å²) in [5.41, 5.74) is 5.86. The normalized spacial score (nSPS) is 10.7. The highest BCUT2D eigenvalue weighted by atomic mass is 79.9. The third-order valence-electron chi connectivity index (χ3n) is 4.14. The van der Waals surface area contributed by atoms with E-state index in [1.54, 1.807) is 19.2 Å². The molecule has 0 unspecified atom stereocenters. The number of nitrogens with zero attached hydrogens (tertiary/aromatic N) is 1. The molecule has 0 saturated heterocycles. The number of amides is 2. The summed E-state index contributed by atoms with van der Waals surface area (Å²) in [6, 6.07) is 9.30. The first-order valence-electron chi connectivity index (χ1n) is 8.94. The summed E-state index contributed by atoms with van der Waals surface area (Å²) in [5, 5.41) is 6.77. The third-order valence-corrected chi connectivity index (χ3v) is 4.76. The minimum absolute atomic E-state index is 0.0253. The van der Waals surface area contributed by atoms with Crippen LogP contribution < -0.4 is 20.2 Å². The SMILES string of the molecule is COc1cc(OC)c(/C=N/NC(=O)CCC(=O)Nc2cc(C)ccc2C)cc1Br. The first-order chi connectivity index (χ1) is 13.8. The summed E-state index contributed by atoms with van der Waals surface area (Å²) in [4.78, 5) is 24.1. The topological polar surface area (TPSA) is 89.0 Å². The van der Waals surface area contributed by atoms with Crippen LogP contribution in [0.2, 0.25) is 0 Å². The van der Waals surface area contributed by atoms with Crippen molar-refractivity contribution < 1.29 is 19.1 Å². The summed E-state index contributed by atoms with van der Waals surface area (Å²) < 4.78 is 11.2. The lowest BCUT2D eigenvalue weighted by molar-refractivity contribution is -0.124. The van der Waals surface area contributed by atoms with Gasteiger partial charge in [-0.3, -0.25) is 9.59 Å². The van der Waals surface area contributed by atoms with Crippen LogP contribution in [0.15, 0.2) is 39.9 Å². The van der Waals surface area contributed by atoms with E-state index in [1.807, 2.05) is 32.0 Å². The van der Waals surface area contributed by atoms with E-state index in [0.29, 0.717) is 17.1 Å². The summed E-state index contributed by atoms with van der Waals surface area (Å²) in [6.07, 6.45) is 1.56. The molecule has 0 aliphatic heterocycles. The number of benzene rings is 2. The van der Waals surface area contributed by atoms with Gasteiger partial charge in [0.2, 0.25) is 11.8 Å². The minimum Gasteiger partial charge on any atom is -0.496 e. The van der Waals surface area contributed by atoms with Gasteiger partial charge in [0.15, 0.2) is 0 Å². The Morgan fingerprint density at radius 1 is 1.03 bits per heavy atom. The molecule has 0 aliphatic carbocycles. The molecule has 2 aromatic rings. The van der Waals surface area contributed by atoms with Crippen LogP contribution >= 0.6 is 15.9 Å². The first-order valence-corrected chi connectivity index (χ1v) is 9.74. The molecular formula is C21H24BrN3O4. The van der Waals surface area contributed by atoms with Crippen molar-refractivity contribution in [3.8, 4) is 11.5 Å². The molecule has 0 radical (unpaired) electrons. The van der Waals surface area contributed by atoms with E-state index in [4.69, 9.17) is 9.47 Å². The Hall–Kier alpha value is -2.87. The van der Waals surface area contributed by atoms with Crippen molar-refractivity contribution in [2.24, 2.45) is 5.10 Å². The number of hydrazone groups is 1. The molecule has 0 spiro atoms. The van der Waals surface area contributed by atoms with Gasteiger partial charge in [0.25, 0.3) is 0 Å². The number of methoxy groups -OCH3 is 2. The van der Waals surface area contributed by atoms with Gasteiger partial charge < -0.3 is 14.8 Å². The number of carbonyl (C=O) groups is 2. The lowest BCUT2D eigenvalue weighted by Crippen LogP contribution is -2.21. The Bertz CT molecular complexity index is 928. The zero-order valence-electron chi connectivity index (χ0n) is 16.8. The van der Waals surface area contributed by atoms with E-state index in [0.717, 1.165) is 21.3 Å². The maximum atomic E-state index is 12.1. The molecule has 0 aromatic heterocycles. The summed E-state index contributed by atoms with van der Waals surface area (Å²) >= 11 is 3.39. The van der Waals surface area contributed by atoms with E-state index in [2.05, 4.69) is 31.8 Å². The van der Waals surface area contributed by atoms with Crippen molar-refractivity contribution in [2.75, 3.05) is 19.5 Å². The molecule has 0 bridgehead atoms. The Labute approximate surface area is 178 Å². The second kappa shape index (κ2) is 10.6. The zero-order valence-corrected chi connectivity index (χ0v) is 18.4. The molecule has 2 aromatic carbocycles. The number of rotatable bonds is 8. The van der Waals surface area contributed by atoms with Gasteiger partial charge in [-0.15, -0.1) is 0 Å². The smallest absolute Gasteiger partial charge is 0.240 e. The van der Waals surface area contributed by atoms with Crippen LogP contribution in [0.1, 0.15) is 29.5 Å². The van der Waals surface area contributed by atoms with Crippen LogP contribution in [0.5, 0.6) is 11.5 Å². The Morgan fingerprint density at radius 3 is 2.41 bits per heavy atom. The third kappa shape index (κ3) is 6.60. The van der Waals surface area contributed by atoms with Crippen LogP contribution in [0, 0.1) is 13.8 Å². The van der Waals surface area contributed by atoms with Crippen molar-refractivity contribution in [3.05, 3.63) is 51.5 Å². The fourth-order valence-electron chi connectivity index (χ4n) is 2.52. The predicted molar refractivity (Wildman–Crippen MR) is 117 cm³/mol. The second-order valence-corrected chi connectivity index (χ2v) is 7.24. The number of halogens is 1. The number of ether oxygens (including phenoxy) is 2. The van der Waals surface area contributed by atoms with Gasteiger partial charge in [0, 0.05) is 30.2 Å². The lowest BCUT2D eigenvalue weighted by atomic mass is 10.1. The van der Waals surface area contributed by atoms with Crippen molar-refractivity contribution in [1.82, 2.24) is 5.43 Å². The van der Waals surface area contributed by atoms with Gasteiger partial charge in [-0.2, -0.15) is 5.10 Å². The highest BCUT2D eigenvalue weighted by Crippen LogP contribution is 2.31. The molecule has 7 nitrogen and oxygen atoms in total. The maximum absolute atomic E-state index is 12.1. The molecule has 154 valence electrons. The van der Waals surface area contributed by atoms with E-state index in [1.165, 1.54) is 13.3 Å². The minimum atomic E-state index is -0.357. The molecule has 0 fully saturated rings. The quantitative estimate of drug-likeness (QED) is 0.459. The molecule has 2 N–H and O–H groups in total. The van der Waals surface area contributed by atoms with E-state index < -0.39 is 0 Å². The Morgan fingerprint density at radius 2 is 1.72 bits per heavy atom. The van der Waals surface area contributed by atoms with Crippen molar-refractivity contribution >= 4 is 39.6 Å². The predicted octanol–water partition coefficient (Wildman–Crippen LogP) is 3.95. The first kappa shape index (κ1) is 22.4. The van der Waals surface area contributed by atoms with Crippen molar-refractivity contribution in [1.29, 1.82) is 0 Å². The number of hydrogen-bond donors (Lipinski definition) is 2. The number of carbonyl (C=O) groups excluding carboxylic acids is 2. The average Bonchev–Trinajstić information content (AvgIpc) is 2.69. The van der Waals surface area contributed by atoms with Gasteiger partial charge in [-0.25, -0.2) is 5.43 Å². The van der Waals surface area contributed by atoms with Crippen molar-refractivity contribution in [3.63, 3.8) is 0 Å².